The van der Waals surface area contributed by atoms with Crippen LogP contribution < -0.4 is 9.47 Å². The fraction of sp³-hybridized carbons (Fsp3) is 0.400. The van der Waals surface area contributed by atoms with E-state index in [1.54, 1.807) is 26.0 Å². The first-order chi connectivity index (χ1) is 7.66. The van der Waals surface area contributed by atoms with Gasteiger partial charge in [-0.25, -0.2) is 8.42 Å². The molecule has 94 valence electrons. The van der Waals surface area contributed by atoms with Crippen molar-refractivity contribution in [1.29, 1.82) is 0 Å². The minimum Gasteiger partial charge on any atom is -0.449 e. The maximum absolute atomic E-state index is 11.1. The number of hydrogen-bond acceptors (Lipinski definition) is 4. The van der Waals surface area contributed by atoms with Crippen molar-refractivity contribution < 1.29 is 17.9 Å². The Bertz CT molecular complexity index is 568. The summed E-state index contributed by atoms with van der Waals surface area (Å²) in [5.41, 5.74) is 0.542. The summed E-state index contributed by atoms with van der Waals surface area (Å²) in [6.45, 7) is 3.55. The number of ether oxygens (including phenoxy) is 2. The molecule has 0 aromatic heterocycles. The predicted octanol–water partition coefficient (Wildman–Crippen LogP) is 3.03. The molecule has 0 aliphatic carbocycles. The van der Waals surface area contributed by atoms with E-state index in [4.69, 9.17) is 20.2 Å². The molecule has 0 N–H and O–H groups in total. The summed E-state index contributed by atoms with van der Waals surface area (Å²) in [6, 6.07) is 3.30. The Morgan fingerprint density at radius 2 is 1.82 bits per heavy atom. The van der Waals surface area contributed by atoms with E-state index in [1.807, 2.05) is 0 Å². The van der Waals surface area contributed by atoms with Gasteiger partial charge in [-0.3, -0.25) is 0 Å². The molecular formula is C10H10BrClO4S. The first-order valence-corrected chi connectivity index (χ1v) is 8.06. The van der Waals surface area contributed by atoms with E-state index in [0.717, 1.165) is 0 Å². The van der Waals surface area contributed by atoms with Crippen molar-refractivity contribution >= 4 is 35.7 Å². The van der Waals surface area contributed by atoms with Crippen molar-refractivity contribution in [2.75, 3.05) is 0 Å². The Balaban J connectivity index is 2.40. The third-order valence-corrected chi connectivity index (χ3v) is 3.87. The van der Waals surface area contributed by atoms with Crippen molar-refractivity contribution in [3.63, 3.8) is 0 Å². The zero-order chi connectivity index (χ0) is 12.8. The second-order valence-corrected chi connectivity index (χ2v) is 7.81. The molecule has 1 aliphatic heterocycles. The molecule has 0 saturated carbocycles. The molecule has 0 atom stereocenters. The molecule has 0 amide bonds. The average Bonchev–Trinajstić information content (AvgIpc) is 2.36. The topological polar surface area (TPSA) is 52.6 Å². The molecule has 0 unspecified atom stereocenters. The first kappa shape index (κ1) is 13.0. The summed E-state index contributed by atoms with van der Waals surface area (Å²) in [5, 5.41) is 0. The van der Waals surface area contributed by atoms with E-state index >= 15 is 0 Å². The van der Waals surface area contributed by atoms with Crippen LogP contribution in [0.5, 0.6) is 11.5 Å². The van der Waals surface area contributed by atoms with E-state index in [2.05, 4.69) is 15.9 Å². The Kier molecular flexibility index (Phi) is 3.08. The molecule has 1 aliphatic rings. The normalized spacial score (nSPS) is 17.2. The number of benzene rings is 1. The van der Waals surface area contributed by atoms with Gasteiger partial charge in [-0.15, -0.1) is 0 Å². The van der Waals surface area contributed by atoms with Crippen LogP contribution in [0.25, 0.3) is 0 Å². The van der Waals surface area contributed by atoms with Gasteiger partial charge in [-0.2, -0.15) is 0 Å². The summed E-state index contributed by atoms with van der Waals surface area (Å²) in [4.78, 5) is 0. The highest BCUT2D eigenvalue weighted by Crippen LogP contribution is 2.42. The van der Waals surface area contributed by atoms with Crippen LogP contribution in [0.1, 0.15) is 19.4 Å². The van der Waals surface area contributed by atoms with E-state index in [-0.39, 0.29) is 5.75 Å². The first-order valence-electron chi connectivity index (χ1n) is 4.79. The monoisotopic (exact) mass is 340 g/mol. The van der Waals surface area contributed by atoms with Crippen molar-refractivity contribution in [3.05, 3.63) is 22.2 Å². The molecule has 17 heavy (non-hydrogen) atoms. The van der Waals surface area contributed by atoms with Gasteiger partial charge in [0.15, 0.2) is 11.5 Å². The Morgan fingerprint density at radius 3 is 2.35 bits per heavy atom. The maximum atomic E-state index is 11.1. The minimum absolute atomic E-state index is 0.258. The SMILES string of the molecule is CC1(C)Oc2cc(Br)c(CS(=O)(=O)Cl)cc2O1. The lowest BCUT2D eigenvalue weighted by Crippen LogP contribution is -2.29. The van der Waals surface area contributed by atoms with Crippen LogP contribution in [0.4, 0.5) is 0 Å². The Hall–Kier alpha value is -0.460. The number of fused-ring (bicyclic) bond motifs is 1. The number of rotatable bonds is 2. The van der Waals surface area contributed by atoms with Crippen LogP contribution >= 0.6 is 26.6 Å². The van der Waals surface area contributed by atoms with Gasteiger partial charge >= 0.3 is 0 Å². The third-order valence-electron chi connectivity index (χ3n) is 2.15. The Morgan fingerprint density at radius 1 is 1.29 bits per heavy atom. The molecule has 7 heteroatoms. The number of hydrogen-bond donors (Lipinski definition) is 0. The van der Waals surface area contributed by atoms with E-state index in [1.165, 1.54) is 0 Å². The molecule has 0 bridgehead atoms. The average molecular weight is 342 g/mol. The molecule has 0 saturated heterocycles. The zero-order valence-corrected chi connectivity index (χ0v) is 12.3. The van der Waals surface area contributed by atoms with Gasteiger partial charge in [0.05, 0.1) is 5.75 Å². The van der Waals surface area contributed by atoms with Crippen molar-refractivity contribution in [2.24, 2.45) is 0 Å². The van der Waals surface area contributed by atoms with Crippen LogP contribution in [0.15, 0.2) is 16.6 Å². The molecule has 1 aromatic rings. The van der Waals surface area contributed by atoms with Crippen LogP contribution in [-0.4, -0.2) is 14.2 Å². The predicted molar refractivity (Wildman–Crippen MR) is 68.0 cm³/mol. The van der Waals surface area contributed by atoms with Gasteiger partial charge in [0.2, 0.25) is 14.8 Å². The largest absolute Gasteiger partial charge is 0.449 e. The summed E-state index contributed by atoms with van der Waals surface area (Å²) < 4.78 is 33.8. The maximum Gasteiger partial charge on any atom is 0.246 e. The number of halogens is 2. The summed E-state index contributed by atoms with van der Waals surface area (Å²) in [5.74, 6) is 0.109. The van der Waals surface area contributed by atoms with Crippen LogP contribution in [0.2, 0.25) is 0 Å². The van der Waals surface area contributed by atoms with Crippen LogP contribution in [-0.2, 0) is 14.8 Å². The lowest BCUT2D eigenvalue weighted by molar-refractivity contribution is -0.0431. The van der Waals surface area contributed by atoms with Crippen LogP contribution in [0.3, 0.4) is 0 Å². The molecule has 4 nitrogen and oxygen atoms in total. The minimum atomic E-state index is -3.60. The van der Waals surface area contributed by atoms with Gasteiger partial charge in [0.1, 0.15) is 0 Å². The van der Waals surface area contributed by atoms with Gasteiger partial charge < -0.3 is 9.47 Å². The molecule has 0 spiro atoms. The fourth-order valence-electron chi connectivity index (χ4n) is 1.58. The quantitative estimate of drug-likeness (QED) is 0.776. The van der Waals surface area contributed by atoms with E-state index < -0.39 is 14.8 Å². The third kappa shape index (κ3) is 3.05. The van der Waals surface area contributed by atoms with Gasteiger partial charge in [-0.1, -0.05) is 15.9 Å². The Labute approximate surface area is 112 Å². The highest BCUT2D eigenvalue weighted by Gasteiger charge is 2.32. The smallest absolute Gasteiger partial charge is 0.246 e. The lowest BCUT2D eigenvalue weighted by atomic mass is 10.2. The van der Waals surface area contributed by atoms with E-state index in [9.17, 15) is 8.42 Å². The van der Waals surface area contributed by atoms with Crippen molar-refractivity contribution in [1.82, 2.24) is 0 Å². The molecule has 1 heterocycles. The molecule has 0 radical (unpaired) electrons. The highest BCUT2D eigenvalue weighted by atomic mass is 79.9. The second kappa shape index (κ2) is 4.03. The molecular weight excluding hydrogens is 332 g/mol. The molecule has 1 aromatic carbocycles. The van der Waals surface area contributed by atoms with Crippen molar-refractivity contribution in [2.45, 2.75) is 25.4 Å². The van der Waals surface area contributed by atoms with Crippen LogP contribution in [0, 0.1) is 0 Å². The summed E-state index contributed by atoms with van der Waals surface area (Å²) in [7, 11) is 1.63. The lowest BCUT2D eigenvalue weighted by Gasteiger charge is -2.16. The van der Waals surface area contributed by atoms with Gasteiger partial charge in [-0.05, 0) is 17.7 Å². The second-order valence-electron chi connectivity index (χ2n) is 4.18. The van der Waals surface area contributed by atoms with Crippen molar-refractivity contribution in [3.8, 4) is 11.5 Å². The van der Waals surface area contributed by atoms with Gasteiger partial charge in [0.25, 0.3) is 0 Å². The van der Waals surface area contributed by atoms with E-state index in [0.29, 0.717) is 21.5 Å². The molecule has 2 rings (SSSR count). The summed E-state index contributed by atoms with van der Waals surface area (Å²) >= 11 is 3.28. The standard InChI is InChI=1S/C10H10BrClO4S/c1-10(2)15-8-3-6(5-17(12,13)14)7(11)4-9(8)16-10/h3-4H,5H2,1-2H3. The fourth-order valence-corrected chi connectivity index (χ4v) is 3.19. The highest BCUT2D eigenvalue weighted by molar-refractivity contribution is 9.10. The zero-order valence-electron chi connectivity index (χ0n) is 9.16. The molecule has 0 fully saturated rings. The summed E-state index contributed by atoms with van der Waals surface area (Å²) in [6.07, 6.45) is 0. The van der Waals surface area contributed by atoms with Gasteiger partial charge in [0, 0.05) is 29.0 Å².